The van der Waals surface area contributed by atoms with E-state index in [2.05, 4.69) is 0 Å². The zero-order valence-electron chi connectivity index (χ0n) is 9.97. The van der Waals surface area contributed by atoms with Crippen LogP contribution in [-0.2, 0) is 9.63 Å². The van der Waals surface area contributed by atoms with Gasteiger partial charge in [-0.05, 0) is 23.8 Å². The molecule has 0 aliphatic carbocycles. The second-order valence-corrected chi connectivity index (χ2v) is 4.00. The molecule has 1 aliphatic rings. The Bertz CT molecular complexity index is 501. The highest BCUT2D eigenvalue weighted by Gasteiger charge is 2.17. The second-order valence-electron chi connectivity index (χ2n) is 3.59. The van der Waals surface area contributed by atoms with Gasteiger partial charge in [0.1, 0.15) is 0 Å². The van der Waals surface area contributed by atoms with Gasteiger partial charge in [-0.1, -0.05) is 11.6 Å². The first-order valence-electron chi connectivity index (χ1n) is 5.21. The van der Waals surface area contributed by atoms with Crippen LogP contribution in [0.1, 0.15) is 5.56 Å². The maximum Gasteiger partial charge on any atom is 0.269 e. The molecule has 0 aromatic heterocycles. The summed E-state index contributed by atoms with van der Waals surface area (Å²) in [6.07, 6.45) is 3.02. The highest BCUT2D eigenvalue weighted by Crippen LogP contribution is 2.39. The number of hydroxylamine groups is 2. The van der Waals surface area contributed by atoms with Crippen LogP contribution in [0.25, 0.3) is 6.08 Å². The Balaban J connectivity index is 2.18. The average molecular weight is 270 g/mol. The molecule has 0 spiro atoms. The van der Waals surface area contributed by atoms with Crippen molar-refractivity contribution in [3.8, 4) is 11.5 Å². The number of likely N-dealkylation sites (N-methyl/N-ethyl adjacent to an activating group) is 1. The minimum Gasteiger partial charge on any atom is -0.454 e. The number of hydrogen-bond donors (Lipinski definition) is 0. The molecule has 0 saturated heterocycles. The van der Waals surface area contributed by atoms with Crippen molar-refractivity contribution < 1.29 is 19.1 Å². The van der Waals surface area contributed by atoms with Gasteiger partial charge in [-0.15, -0.1) is 0 Å². The van der Waals surface area contributed by atoms with Crippen LogP contribution in [-0.4, -0.2) is 31.9 Å². The Kier molecular flexibility index (Phi) is 3.74. The number of ether oxygens (including phenoxy) is 2. The molecule has 1 aromatic carbocycles. The molecule has 1 amide bonds. The van der Waals surface area contributed by atoms with Gasteiger partial charge in [-0.25, -0.2) is 5.06 Å². The van der Waals surface area contributed by atoms with E-state index in [0.29, 0.717) is 16.5 Å². The lowest BCUT2D eigenvalue weighted by Crippen LogP contribution is -2.22. The van der Waals surface area contributed by atoms with E-state index >= 15 is 0 Å². The molecule has 5 nitrogen and oxygen atoms in total. The van der Waals surface area contributed by atoms with Gasteiger partial charge in [0, 0.05) is 13.1 Å². The Morgan fingerprint density at radius 3 is 3.00 bits per heavy atom. The third-order valence-electron chi connectivity index (χ3n) is 2.45. The molecule has 0 atom stereocenters. The molecular weight excluding hydrogens is 258 g/mol. The van der Waals surface area contributed by atoms with E-state index in [1.807, 2.05) is 0 Å². The lowest BCUT2D eigenvalue weighted by molar-refractivity contribution is -0.162. The van der Waals surface area contributed by atoms with Gasteiger partial charge in [0.25, 0.3) is 5.91 Å². The molecule has 0 N–H and O–H groups in total. The zero-order valence-corrected chi connectivity index (χ0v) is 10.7. The van der Waals surface area contributed by atoms with Gasteiger partial charge in [0.2, 0.25) is 6.79 Å². The SMILES string of the molecule is CON(C)C(=O)/C=C/c1cc(Cl)c2c(c1)OCO2. The number of nitrogens with zero attached hydrogens (tertiary/aromatic N) is 1. The Hall–Kier alpha value is -1.72. The van der Waals surface area contributed by atoms with E-state index in [-0.39, 0.29) is 12.7 Å². The largest absolute Gasteiger partial charge is 0.454 e. The molecule has 1 heterocycles. The topological polar surface area (TPSA) is 48.0 Å². The molecule has 1 aliphatic heterocycles. The summed E-state index contributed by atoms with van der Waals surface area (Å²) in [6.45, 7) is 0.160. The number of benzene rings is 1. The van der Waals surface area contributed by atoms with E-state index in [9.17, 15) is 4.79 Å². The number of halogens is 1. The smallest absolute Gasteiger partial charge is 0.269 e. The molecule has 6 heteroatoms. The summed E-state index contributed by atoms with van der Waals surface area (Å²) < 4.78 is 10.4. The fourth-order valence-corrected chi connectivity index (χ4v) is 1.72. The van der Waals surface area contributed by atoms with E-state index in [4.69, 9.17) is 25.9 Å². The maximum atomic E-state index is 11.5. The summed E-state index contributed by atoms with van der Waals surface area (Å²) in [4.78, 5) is 16.3. The number of hydrogen-bond acceptors (Lipinski definition) is 4. The lowest BCUT2D eigenvalue weighted by Gasteiger charge is -2.10. The minimum atomic E-state index is -0.272. The highest BCUT2D eigenvalue weighted by molar-refractivity contribution is 6.32. The van der Waals surface area contributed by atoms with Crippen LogP contribution in [0.4, 0.5) is 0 Å². The van der Waals surface area contributed by atoms with Gasteiger partial charge in [0.05, 0.1) is 12.1 Å². The predicted octanol–water partition coefficient (Wildman–Crippen LogP) is 2.10. The van der Waals surface area contributed by atoms with Crippen molar-refractivity contribution in [3.05, 3.63) is 28.8 Å². The molecule has 0 unspecified atom stereocenters. The standard InChI is InChI=1S/C12H12ClNO4/c1-14(16-2)11(15)4-3-8-5-9(13)12-10(6-8)17-7-18-12/h3-6H,7H2,1-2H3/b4-3+. The lowest BCUT2D eigenvalue weighted by atomic mass is 10.2. The van der Waals surface area contributed by atoms with Crippen molar-refractivity contribution in [2.75, 3.05) is 21.0 Å². The van der Waals surface area contributed by atoms with Crippen LogP contribution in [0, 0.1) is 0 Å². The van der Waals surface area contributed by atoms with Gasteiger partial charge in [0.15, 0.2) is 11.5 Å². The third-order valence-corrected chi connectivity index (χ3v) is 2.73. The van der Waals surface area contributed by atoms with E-state index in [1.165, 1.54) is 20.2 Å². The molecule has 2 rings (SSSR count). The molecule has 0 fully saturated rings. The second kappa shape index (κ2) is 5.29. The van der Waals surface area contributed by atoms with E-state index in [0.717, 1.165) is 10.6 Å². The number of carbonyl (C=O) groups excluding carboxylic acids is 1. The van der Waals surface area contributed by atoms with Crippen molar-refractivity contribution in [2.45, 2.75) is 0 Å². The van der Waals surface area contributed by atoms with Crippen LogP contribution in [0.15, 0.2) is 18.2 Å². The monoisotopic (exact) mass is 269 g/mol. The van der Waals surface area contributed by atoms with Crippen LogP contribution in [0.2, 0.25) is 5.02 Å². The Morgan fingerprint density at radius 2 is 2.28 bits per heavy atom. The number of rotatable bonds is 3. The van der Waals surface area contributed by atoms with Gasteiger partial charge < -0.3 is 9.47 Å². The molecular formula is C12H12ClNO4. The molecule has 0 radical (unpaired) electrons. The third kappa shape index (κ3) is 2.57. The van der Waals surface area contributed by atoms with Gasteiger partial charge in [-0.2, -0.15) is 0 Å². The number of carbonyl (C=O) groups is 1. The fourth-order valence-electron chi connectivity index (χ4n) is 1.45. The molecule has 0 bridgehead atoms. The number of fused-ring (bicyclic) bond motifs is 1. The van der Waals surface area contributed by atoms with Gasteiger partial charge in [-0.3, -0.25) is 9.63 Å². The summed E-state index contributed by atoms with van der Waals surface area (Å²) in [6, 6.07) is 3.45. The average Bonchev–Trinajstić information content (AvgIpc) is 2.83. The van der Waals surface area contributed by atoms with E-state index in [1.54, 1.807) is 18.2 Å². The van der Waals surface area contributed by atoms with Crippen molar-refractivity contribution in [1.29, 1.82) is 0 Å². The molecule has 0 saturated carbocycles. The quantitative estimate of drug-likeness (QED) is 0.623. The summed E-state index contributed by atoms with van der Waals surface area (Å²) in [5, 5.41) is 1.57. The first-order chi connectivity index (χ1) is 8.61. The number of amides is 1. The maximum absolute atomic E-state index is 11.5. The van der Waals surface area contributed by atoms with Crippen LogP contribution >= 0.6 is 11.6 Å². The Morgan fingerprint density at radius 1 is 1.50 bits per heavy atom. The van der Waals surface area contributed by atoms with Crippen LogP contribution < -0.4 is 9.47 Å². The first kappa shape index (κ1) is 12.7. The fraction of sp³-hybridized carbons (Fsp3) is 0.250. The summed E-state index contributed by atoms with van der Waals surface area (Å²) in [7, 11) is 2.95. The summed E-state index contributed by atoms with van der Waals surface area (Å²) >= 11 is 6.02. The molecule has 18 heavy (non-hydrogen) atoms. The van der Waals surface area contributed by atoms with Crippen molar-refractivity contribution in [1.82, 2.24) is 5.06 Å². The molecule has 96 valence electrons. The Labute approximate surface area is 109 Å². The highest BCUT2D eigenvalue weighted by atomic mass is 35.5. The van der Waals surface area contributed by atoms with Crippen LogP contribution in [0.3, 0.4) is 0 Å². The zero-order chi connectivity index (χ0) is 13.1. The summed E-state index contributed by atoms with van der Waals surface area (Å²) in [5.41, 5.74) is 0.752. The predicted molar refractivity (Wildman–Crippen MR) is 66.4 cm³/mol. The summed E-state index contributed by atoms with van der Waals surface area (Å²) in [5.74, 6) is 0.843. The van der Waals surface area contributed by atoms with Crippen molar-refractivity contribution >= 4 is 23.6 Å². The van der Waals surface area contributed by atoms with E-state index < -0.39 is 0 Å². The van der Waals surface area contributed by atoms with Crippen molar-refractivity contribution in [3.63, 3.8) is 0 Å². The minimum absolute atomic E-state index is 0.160. The van der Waals surface area contributed by atoms with Gasteiger partial charge >= 0.3 is 0 Å². The molecule has 1 aromatic rings. The van der Waals surface area contributed by atoms with Crippen molar-refractivity contribution in [2.24, 2.45) is 0 Å². The normalized spacial score (nSPS) is 13.1. The van der Waals surface area contributed by atoms with Crippen LogP contribution in [0.5, 0.6) is 11.5 Å². The first-order valence-corrected chi connectivity index (χ1v) is 5.58.